The maximum absolute atomic E-state index is 11.1. The normalized spacial score (nSPS) is 10.6. The number of rotatable bonds is 4. The lowest BCUT2D eigenvalue weighted by atomic mass is 10.2. The van der Waals surface area contributed by atoms with Crippen LogP contribution in [-0.4, -0.2) is 21.5 Å². The van der Waals surface area contributed by atoms with E-state index in [4.69, 9.17) is 0 Å². The first kappa shape index (κ1) is 12.3. The third-order valence-electron chi connectivity index (χ3n) is 1.69. The molecule has 86 valence electrons. The molecule has 0 saturated carbocycles. The zero-order chi connectivity index (χ0) is 12.2. The highest BCUT2D eigenvalue weighted by Gasteiger charge is 2.08. The monoisotopic (exact) mass is 242 g/mol. The molecule has 5 nitrogen and oxygen atoms in total. The molecule has 0 amide bonds. The van der Waals surface area contributed by atoms with Gasteiger partial charge in [-0.2, -0.15) is 8.42 Å². The number of hydrogen-bond acceptors (Lipinski definition) is 5. The first-order valence-corrected chi connectivity index (χ1v) is 5.71. The Bertz CT molecular complexity index is 486. The van der Waals surface area contributed by atoms with Crippen molar-refractivity contribution in [1.82, 2.24) is 0 Å². The van der Waals surface area contributed by atoms with E-state index in [1.54, 1.807) is 0 Å². The molecule has 0 aliphatic rings. The Morgan fingerprint density at radius 3 is 2.31 bits per heavy atom. The molecule has 0 radical (unpaired) electrons. The molecular weight excluding hydrogens is 232 g/mol. The molecule has 1 aromatic carbocycles. The highest BCUT2D eigenvalue weighted by molar-refractivity contribution is 7.90. The van der Waals surface area contributed by atoms with E-state index >= 15 is 0 Å². The van der Waals surface area contributed by atoms with Crippen molar-refractivity contribution in [3.63, 3.8) is 0 Å². The van der Waals surface area contributed by atoms with Crippen molar-refractivity contribution in [1.29, 1.82) is 0 Å². The standard InChI is InChI=1S/C10H10O5S/c1-3-16(12,13)15-9-6-4-8(5-7-9)10(11)14-2/h3-7H,1H2,2H3. The van der Waals surface area contributed by atoms with Gasteiger partial charge in [0.05, 0.1) is 18.1 Å². The molecule has 1 aromatic rings. The van der Waals surface area contributed by atoms with Crippen LogP contribution in [0, 0.1) is 0 Å². The highest BCUT2D eigenvalue weighted by Crippen LogP contribution is 2.15. The van der Waals surface area contributed by atoms with Gasteiger partial charge >= 0.3 is 16.1 Å². The Morgan fingerprint density at radius 1 is 1.31 bits per heavy atom. The second-order valence-corrected chi connectivity index (χ2v) is 4.24. The van der Waals surface area contributed by atoms with Crippen molar-refractivity contribution in [3.05, 3.63) is 41.8 Å². The fraction of sp³-hybridized carbons (Fsp3) is 0.100. The summed E-state index contributed by atoms with van der Waals surface area (Å²) >= 11 is 0. The van der Waals surface area contributed by atoms with Crippen LogP contribution in [0.25, 0.3) is 0 Å². The van der Waals surface area contributed by atoms with Gasteiger partial charge in [-0.3, -0.25) is 0 Å². The van der Waals surface area contributed by atoms with Crippen LogP contribution in [-0.2, 0) is 14.9 Å². The Morgan fingerprint density at radius 2 is 1.88 bits per heavy atom. The molecule has 16 heavy (non-hydrogen) atoms. The SMILES string of the molecule is C=CS(=O)(=O)Oc1ccc(C(=O)OC)cc1. The summed E-state index contributed by atoms with van der Waals surface area (Å²) in [6.07, 6.45) is 0. The number of carbonyl (C=O) groups excluding carboxylic acids is 1. The number of carbonyl (C=O) groups is 1. The molecule has 6 heteroatoms. The van der Waals surface area contributed by atoms with E-state index in [2.05, 4.69) is 15.5 Å². The molecule has 0 N–H and O–H groups in total. The second-order valence-electron chi connectivity index (χ2n) is 2.76. The third kappa shape index (κ3) is 3.09. The molecule has 0 heterocycles. The van der Waals surface area contributed by atoms with Crippen LogP contribution in [0.4, 0.5) is 0 Å². The predicted molar refractivity (Wildman–Crippen MR) is 57.5 cm³/mol. The predicted octanol–water partition coefficient (Wildman–Crippen LogP) is 1.33. The lowest BCUT2D eigenvalue weighted by Gasteiger charge is -2.03. The molecule has 0 spiro atoms. The maximum atomic E-state index is 11.1. The van der Waals surface area contributed by atoms with Crippen LogP contribution in [0.15, 0.2) is 36.3 Å². The van der Waals surface area contributed by atoms with Gasteiger partial charge in [-0.05, 0) is 24.3 Å². The lowest BCUT2D eigenvalue weighted by molar-refractivity contribution is 0.0600. The first-order chi connectivity index (χ1) is 7.48. The van der Waals surface area contributed by atoms with Crippen LogP contribution in [0.2, 0.25) is 0 Å². The largest absolute Gasteiger partial charge is 0.465 e. The highest BCUT2D eigenvalue weighted by atomic mass is 32.2. The van der Waals surface area contributed by atoms with Crippen molar-refractivity contribution in [2.75, 3.05) is 7.11 Å². The summed E-state index contributed by atoms with van der Waals surface area (Å²) in [6, 6.07) is 5.51. The number of benzene rings is 1. The van der Waals surface area contributed by atoms with Gasteiger partial charge in [0.25, 0.3) is 0 Å². The van der Waals surface area contributed by atoms with Gasteiger partial charge < -0.3 is 8.92 Å². The van der Waals surface area contributed by atoms with E-state index in [1.807, 2.05) is 0 Å². The summed E-state index contributed by atoms with van der Waals surface area (Å²) in [6.45, 7) is 3.10. The van der Waals surface area contributed by atoms with E-state index in [9.17, 15) is 13.2 Å². The van der Waals surface area contributed by atoms with Crippen LogP contribution in [0.1, 0.15) is 10.4 Å². The number of methoxy groups -OCH3 is 1. The average Bonchev–Trinajstić information content (AvgIpc) is 2.28. The van der Waals surface area contributed by atoms with Crippen LogP contribution < -0.4 is 4.18 Å². The topological polar surface area (TPSA) is 69.7 Å². The summed E-state index contributed by atoms with van der Waals surface area (Å²) in [7, 11) is -2.50. The van der Waals surface area contributed by atoms with Gasteiger partial charge in [0.1, 0.15) is 5.75 Å². The van der Waals surface area contributed by atoms with Crippen LogP contribution >= 0.6 is 0 Å². The van der Waals surface area contributed by atoms with Crippen molar-refractivity contribution in [2.45, 2.75) is 0 Å². The molecule has 0 saturated heterocycles. The minimum Gasteiger partial charge on any atom is -0.465 e. The quantitative estimate of drug-likeness (QED) is 0.588. The van der Waals surface area contributed by atoms with Crippen LogP contribution in [0.5, 0.6) is 5.75 Å². The summed E-state index contributed by atoms with van der Waals surface area (Å²) < 4.78 is 31.1. The van der Waals surface area contributed by atoms with E-state index in [0.29, 0.717) is 11.0 Å². The van der Waals surface area contributed by atoms with E-state index in [1.165, 1.54) is 31.4 Å². The van der Waals surface area contributed by atoms with Crippen LogP contribution in [0.3, 0.4) is 0 Å². The zero-order valence-electron chi connectivity index (χ0n) is 8.54. The number of hydrogen-bond donors (Lipinski definition) is 0. The molecule has 0 atom stereocenters. The smallest absolute Gasteiger partial charge is 0.337 e. The minimum absolute atomic E-state index is 0.104. The molecule has 1 rings (SSSR count). The molecule has 0 bridgehead atoms. The summed E-state index contributed by atoms with van der Waals surface area (Å²) in [4.78, 5) is 11.1. The van der Waals surface area contributed by atoms with E-state index in [0.717, 1.165) is 0 Å². The van der Waals surface area contributed by atoms with Crippen molar-refractivity contribution >= 4 is 16.1 Å². The Kier molecular flexibility index (Phi) is 3.68. The summed E-state index contributed by atoms with van der Waals surface area (Å²) in [5.74, 6) is -0.398. The Hall–Kier alpha value is -1.82. The van der Waals surface area contributed by atoms with Gasteiger partial charge in [0.15, 0.2) is 0 Å². The lowest BCUT2D eigenvalue weighted by Crippen LogP contribution is -2.05. The molecular formula is C10H10O5S. The molecule has 0 aliphatic heterocycles. The summed E-state index contributed by atoms with van der Waals surface area (Å²) in [5.41, 5.74) is 0.311. The molecule has 0 unspecified atom stereocenters. The molecule has 0 aliphatic carbocycles. The van der Waals surface area contributed by atoms with Crippen molar-refractivity contribution in [2.24, 2.45) is 0 Å². The Labute approximate surface area is 93.4 Å². The average molecular weight is 242 g/mol. The number of ether oxygens (including phenoxy) is 1. The van der Waals surface area contributed by atoms with E-state index < -0.39 is 16.1 Å². The third-order valence-corrected chi connectivity index (χ3v) is 2.52. The Balaban J connectivity index is 2.88. The maximum Gasteiger partial charge on any atom is 0.337 e. The van der Waals surface area contributed by atoms with Gasteiger partial charge in [-0.15, -0.1) is 0 Å². The van der Waals surface area contributed by atoms with Crippen molar-refractivity contribution < 1.29 is 22.1 Å². The van der Waals surface area contributed by atoms with Gasteiger partial charge in [-0.25, -0.2) is 4.79 Å². The van der Waals surface area contributed by atoms with Crippen molar-refractivity contribution in [3.8, 4) is 5.75 Å². The molecule has 0 fully saturated rings. The van der Waals surface area contributed by atoms with Gasteiger partial charge in [0, 0.05) is 0 Å². The van der Waals surface area contributed by atoms with E-state index in [-0.39, 0.29) is 5.75 Å². The second kappa shape index (κ2) is 4.80. The van der Waals surface area contributed by atoms with Gasteiger partial charge in [-0.1, -0.05) is 6.58 Å². The number of esters is 1. The molecule has 0 aromatic heterocycles. The zero-order valence-corrected chi connectivity index (χ0v) is 9.36. The fourth-order valence-corrected chi connectivity index (χ4v) is 1.38. The van der Waals surface area contributed by atoms with Gasteiger partial charge in [0.2, 0.25) is 0 Å². The first-order valence-electron chi connectivity index (χ1n) is 4.24. The summed E-state index contributed by atoms with van der Waals surface area (Å²) in [5, 5.41) is 0.696. The fourth-order valence-electron chi connectivity index (χ4n) is 0.933. The minimum atomic E-state index is -3.76.